The summed E-state index contributed by atoms with van der Waals surface area (Å²) in [7, 11) is 0. The zero-order valence-electron chi connectivity index (χ0n) is 18.2. The molecule has 0 spiro atoms. The molecule has 0 saturated heterocycles. The van der Waals surface area contributed by atoms with Crippen LogP contribution in [0.25, 0.3) is 10.9 Å². The van der Waals surface area contributed by atoms with Gasteiger partial charge in [-0.2, -0.15) is 0 Å². The Balaban J connectivity index is 1.79. The zero-order chi connectivity index (χ0) is 21.8. The van der Waals surface area contributed by atoms with Crippen molar-refractivity contribution < 1.29 is 9.53 Å². The first-order chi connectivity index (χ1) is 14.3. The number of carbonyl (C=O) groups excluding carboxylic acids is 1. The Bertz CT molecular complexity index is 1090. The summed E-state index contributed by atoms with van der Waals surface area (Å²) in [6.07, 6.45) is -0.665. The molecule has 30 heavy (non-hydrogen) atoms. The highest BCUT2D eigenvalue weighted by Crippen LogP contribution is 2.22. The van der Waals surface area contributed by atoms with Crippen LogP contribution < -0.4 is 10.3 Å². The van der Waals surface area contributed by atoms with Crippen molar-refractivity contribution in [2.75, 3.05) is 0 Å². The molecule has 3 rings (SSSR count). The molecule has 0 aliphatic carbocycles. The molecule has 0 bridgehead atoms. The van der Waals surface area contributed by atoms with Crippen molar-refractivity contribution in [2.45, 2.75) is 59.2 Å². The second-order valence-electron chi connectivity index (χ2n) is 8.08. The molecule has 0 aliphatic heterocycles. The lowest BCUT2D eigenvalue weighted by Gasteiger charge is -2.29. The number of rotatable bonds is 7. The molecule has 1 unspecified atom stereocenters. The van der Waals surface area contributed by atoms with Gasteiger partial charge in [-0.25, -0.2) is 4.98 Å². The van der Waals surface area contributed by atoms with Crippen LogP contribution in [-0.2, 0) is 11.3 Å². The molecular weight excluding hydrogens is 378 g/mol. The molecule has 0 radical (unpaired) electrons. The lowest BCUT2D eigenvalue weighted by molar-refractivity contribution is -0.140. The molecule has 1 N–H and O–H groups in total. The summed E-state index contributed by atoms with van der Waals surface area (Å²) in [4.78, 5) is 34.5. The van der Waals surface area contributed by atoms with Gasteiger partial charge in [0.15, 0.2) is 6.10 Å². The fraction of sp³-hybridized carbons (Fsp3) is 0.375. The Morgan fingerprint density at radius 1 is 1.07 bits per heavy atom. The van der Waals surface area contributed by atoms with Crippen LogP contribution in [0, 0.1) is 0 Å². The number of benzene rings is 2. The fourth-order valence-electron chi connectivity index (χ4n) is 3.32. The summed E-state index contributed by atoms with van der Waals surface area (Å²) < 4.78 is 5.95. The van der Waals surface area contributed by atoms with Crippen LogP contribution in [0.15, 0.2) is 53.3 Å². The monoisotopic (exact) mass is 407 g/mol. The minimum absolute atomic E-state index is 0.0812. The van der Waals surface area contributed by atoms with E-state index in [1.54, 1.807) is 30.0 Å². The minimum Gasteiger partial charge on any atom is -0.481 e. The average molecular weight is 408 g/mol. The standard InChI is InChI=1S/C24H29N3O3/c1-15(2)18-9-8-10-19(13-18)30-17(5)24(29)27(16(3)4)14-22-25-21-12-7-6-11-20(21)23(28)26-22/h6-13,15-17H,14H2,1-5H3,(H,25,26,28). The second kappa shape index (κ2) is 9.11. The fourth-order valence-corrected chi connectivity index (χ4v) is 3.32. The van der Waals surface area contributed by atoms with Gasteiger partial charge in [-0.05, 0) is 56.5 Å². The zero-order valence-corrected chi connectivity index (χ0v) is 18.2. The van der Waals surface area contributed by atoms with Crippen LogP contribution in [-0.4, -0.2) is 32.9 Å². The van der Waals surface area contributed by atoms with Gasteiger partial charge in [0, 0.05) is 6.04 Å². The van der Waals surface area contributed by atoms with Crippen LogP contribution in [0.5, 0.6) is 5.75 Å². The molecule has 0 saturated carbocycles. The number of para-hydroxylation sites is 1. The summed E-state index contributed by atoms with van der Waals surface area (Å²) >= 11 is 0. The van der Waals surface area contributed by atoms with E-state index in [9.17, 15) is 9.59 Å². The number of amides is 1. The molecule has 1 aromatic heterocycles. The first-order valence-corrected chi connectivity index (χ1v) is 10.3. The Hall–Kier alpha value is -3.15. The van der Waals surface area contributed by atoms with Gasteiger partial charge in [-0.15, -0.1) is 0 Å². The van der Waals surface area contributed by atoms with Crippen molar-refractivity contribution in [1.82, 2.24) is 14.9 Å². The van der Waals surface area contributed by atoms with Gasteiger partial charge in [0.2, 0.25) is 0 Å². The van der Waals surface area contributed by atoms with Crippen molar-refractivity contribution in [3.8, 4) is 5.75 Å². The van der Waals surface area contributed by atoms with Crippen molar-refractivity contribution >= 4 is 16.8 Å². The molecule has 158 valence electrons. The molecule has 2 aromatic carbocycles. The van der Waals surface area contributed by atoms with Gasteiger partial charge in [-0.1, -0.05) is 38.1 Å². The first-order valence-electron chi connectivity index (χ1n) is 10.3. The van der Waals surface area contributed by atoms with E-state index >= 15 is 0 Å². The van der Waals surface area contributed by atoms with Crippen molar-refractivity contribution in [3.63, 3.8) is 0 Å². The van der Waals surface area contributed by atoms with Crippen LogP contribution in [0.4, 0.5) is 0 Å². The maximum absolute atomic E-state index is 13.1. The first kappa shape index (κ1) is 21.6. The molecule has 6 heteroatoms. The third-order valence-electron chi connectivity index (χ3n) is 5.07. The molecule has 6 nitrogen and oxygen atoms in total. The van der Waals surface area contributed by atoms with Gasteiger partial charge in [0.1, 0.15) is 11.6 Å². The Morgan fingerprint density at radius 2 is 1.80 bits per heavy atom. The van der Waals surface area contributed by atoms with E-state index in [0.717, 1.165) is 5.56 Å². The van der Waals surface area contributed by atoms with Gasteiger partial charge < -0.3 is 14.6 Å². The van der Waals surface area contributed by atoms with Gasteiger partial charge in [-0.3, -0.25) is 9.59 Å². The van der Waals surface area contributed by atoms with Gasteiger partial charge in [0.25, 0.3) is 11.5 Å². The number of aromatic amines is 1. The third-order valence-corrected chi connectivity index (χ3v) is 5.07. The summed E-state index contributed by atoms with van der Waals surface area (Å²) in [5.74, 6) is 1.34. The number of H-pyrrole nitrogens is 1. The van der Waals surface area contributed by atoms with E-state index in [1.807, 2.05) is 44.2 Å². The van der Waals surface area contributed by atoms with E-state index in [4.69, 9.17) is 4.74 Å². The number of hydrogen-bond acceptors (Lipinski definition) is 4. The Labute approximate surface area is 176 Å². The van der Waals surface area contributed by atoms with Gasteiger partial charge >= 0.3 is 0 Å². The van der Waals surface area contributed by atoms with Crippen molar-refractivity contribution in [2.24, 2.45) is 0 Å². The van der Waals surface area contributed by atoms with E-state index < -0.39 is 6.10 Å². The summed E-state index contributed by atoms with van der Waals surface area (Å²) in [6, 6.07) is 14.9. The van der Waals surface area contributed by atoms with Crippen LogP contribution >= 0.6 is 0 Å². The van der Waals surface area contributed by atoms with E-state index in [1.165, 1.54) is 0 Å². The highest BCUT2D eigenvalue weighted by Gasteiger charge is 2.25. The predicted molar refractivity (Wildman–Crippen MR) is 119 cm³/mol. The molecule has 3 aromatic rings. The molecule has 1 heterocycles. The third kappa shape index (κ3) is 4.87. The smallest absolute Gasteiger partial charge is 0.263 e. The van der Waals surface area contributed by atoms with Crippen molar-refractivity contribution in [3.05, 3.63) is 70.3 Å². The largest absolute Gasteiger partial charge is 0.481 e. The SMILES string of the molecule is CC(Oc1cccc(C(C)C)c1)C(=O)N(Cc1nc2ccccc2c(=O)[nH]1)C(C)C. The Kier molecular flexibility index (Phi) is 6.55. The van der Waals surface area contributed by atoms with Crippen LogP contribution in [0.2, 0.25) is 0 Å². The predicted octanol–water partition coefficient (Wildman–Crippen LogP) is 4.25. The lowest BCUT2D eigenvalue weighted by atomic mass is 10.0. The highest BCUT2D eigenvalue weighted by atomic mass is 16.5. The maximum atomic E-state index is 13.1. The normalized spacial score (nSPS) is 12.4. The second-order valence-corrected chi connectivity index (χ2v) is 8.08. The minimum atomic E-state index is -0.665. The molecule has 0 aliphatic rings. The number of fused-ring (bicyclic) bond motifs is 1. The van der Waals surface area contributed by atoms with E-state index in [-0.39, 0.29) is 24.1 Å². The molecule has 1 amide bonds. The summed E-state index contributed by atoms with van der Waals surface area (Å²) in [5, 5.41) is 0.533. The summed E-state index contributed by atoms with van der Waals surface area (Å²) in [5.41, 5.74) is 1.56. The number of aromatic nitrogens is 2. The van der Waals surface area contributed by atoms with Crippen LogP contribution in [0.1, 0.15) is 51.9 Å². The number of nitrogens with zero attached hydrogens (tertiary/aromatic N) is 2. The number of hydrogen-bond donors (Lipinski definition) is 1. The van der Waals surface area contributed by atoms with Gasteiger partial charge in [0.05, 0.1) is 17.4 Å². The summed E-state index contributed by atoms with van der Waals surface area (Å²) in [6.45, 7) is 10.1. The highest BCUT2D eigenvalue weighted by molar-refractivity contribution is 5.81. The topological polar surface area (TPSA) is 75.3 Å². The molecule has 1 atom stereocenters. The number of carbonyl (C=O) groups is 1. The van der Waals surface area contributed by atoms with Crippen LogP contribution in [0.3, 0.4) is 0 Å². The molecule has 0 fully saturated rings. The number of nitrogens with one attached hydrogen (secondary N) is 1. The maximum Gasteiger partial charge on any atom is 0.263 e. The van der Waals surface area contributed by atoms with E-state index in [2.05, 4.69) is 23.8 Å². The average Bonchev–Trinajstić information content (AvgIpc) is 2.71. The lowest BCUT2D eigenvalue weighted by Crippen LogP contribution is -2.44. The van der Waals surface area contributed by atoms with Crippen molar-refractivity contribution in [1.29, 1.82) is 0 Å². The molecular formula is C24H29N3O3. The number of ether oxygens (including phenoxy) is 1. The quantitative estimate of drug-likeness (QED) is 0.635. The van der Waals surface area contributed by atoms with E-state index in [0.29, 0.717) is 28.4 Å². The Morgan fingerprint density at radius 3 is 2.50 bits per heavy atom.